The number of nitrogens with zero attached hydrogens (tertiary/aromatic N) is 2. The molecule has 1 heterocycles. The van der Waals surface area contributed by atoms with E-state index in [2.05, 4.69) is 10.4 Å². The number of aliphatic hydroxyl groups is 1. The van der Waals surface area contributed by atoms with Crippen molar-refractivity contribution in [3.8, 4) is 0 Å². The van der Waals surface area contributed by atoms with E-state index < -0.39 is 0 Å². The van der Waals surface area contributed by atoms with E-state index in [1.165, 1.54) is 0 Å². The summed E-state index contributed by atoms with van der Waals surface area (Å²) in [7, 11) is 1.81. The van der Waals surface area contributed by atoms with Crippen LogP contribution in [0.5, 0.6) is 0 Å². The summed E-state index contributed by atoms with van der Waals surface area (Å²) in [5.41, 5.74) is 1.49. The summed E-state index contributed by atoms with van der Waals surface area (Å²) in [5, 5.41) is 16.0. The Balaban J connectivity index is 1.86. The molecule has 0 bridgehead atoms. The molecule has 1 aromatic heterocycles. The van der Waals surface area contributed by atoms with Crippen LogP contribution in [0.15, 0.2) is 6.20 Å². The first-order valence-electron chi connectivity index (χ1n) is 5.52. The van der Waals surface area contributed by atoms with Gasteiger partial charge in [0.05, 0.1) is 17.9 Å². The molecule has 0 spiro atoms. The molecule has 88 valence electrons. The standard InChI is InChI=1S/C11H17N3O2/c1-7-10(6-13-14(7)2)11(16)12-5-8-3-9(15)4-8/h6,8-9,15H,3-5H2,1-2H3,(H,12,16). The fourth-order valence-corrected chi connectivity index (χ4v) is 1.92. The quantitative estimate of drug-likeness (QED) is 0.770. The van der Waals surface area contributed by atoms with Gasteiger partial charge >= 0.3 is 0 Å². The lowest BCUT2D eigenvalue weighted by molar-refractivity contribution is 0.0420. The lowest BCUT2D eigenvalue weighted by Crippen LogP contribution is -2.38. The summed E-state index contributed by atoms with van der Waals surface area (Å²) in [4.78, 5) is 11.8. The largest absolute Gasteiger partial charge is 0.393 e. The summed E-state index contributed by atoms with van der Waals surface area (Å²) in [5.74, 6) is 0.350. The van der Waals surface area contributed by atoms with Crippen LogP contribution in [0.25, 0.3) is 0 Å². The fourth-order valence-electron chi connectivity index (χ4n) is 1.92. The maximum Gasteiger partial charge on any atom is 0.254 e. The van der Waals surface area contributed by atoms with Crippen molar-refractivity contribution < 1.29 is 9.90 Å². The molecule has 1 aromatic rings. The Labute approximate surface area is 94.5 Å². The first kappa shape index (κ1) is 11.1. The van der Waals surface area contributed by atoms with Gasteiger partial charge in [-0.1, -0.05) is 0 Å². The summed E-state index contributed by atoms with van der Waals surface area (Å²) in [6.07, 6.45) is 3.01. The van der Waals surface area contributed by atoms with Gasteiger partial charge in [-0.15, -0.1) is 0 Å². The average molecular weight is 223 g/mol. The van der Waals surface area contributed by atoms with Gasteiger partial charge in [-0.2, -0.15) is 5.10 Å². The molecule has 2 N–H and O–H groups in total. The van der Waals surface area contributed by atoms with Crippen molar-refractivity contribution in [1.29, 1.82) is 0 Å². The van der Waals surface area contributed by atoms with Crippen LogP contribution in [0.3, 0.4) is 0 Å². The van der Waals surface area contributed by atoms with E-state index in [1.807, 2.05) is 14.0 Å². The third kappa shape index (κ3) is 2.09. The number of rotatable bonds is 3. The second kappa shape index (κ2) is 4.25. The van der Waals surface area contributed by atoms with Crippen molar-refractivity contribution in [2.75, 3.05) is 6.54 Å². The van der Waals surface area contributed by atoms with Crippen molar-refractivity contribution in [2.45, 2.75) is 25.9 Å². The molecule has 0 aliphatic heterocycles. The summed E-state index contributed by atoms with van der Waals surface area (Å²) in [6, 6.07) is 0. The van der Waals surface area contributed by atoms with Gasteiger partial charge in [0.1, 0.15) is 0 Å². The van der Waals surface area contributed by atoms with Crippen LogP contribution in [-0.4, -0.2) is 33.4 Å². The summed E-state index contributed by atoms with van der Waals surface area (Å²) >= 11 is 0. The molecule has 0 unspecified atom stereocenters. The van der Waals surface area contributed by atoms with E-state index >= 15 is 0 Å². The maximum absolute atomic E-state index is 11.8. The van der Waals surface area contributed by atoms with Crippen LogP contribution >= 0.6 is 0 Å². The highest BCUT2D eigenvalue weighted by molar-refractivity contribution is 5.95. The first-order valence-corrected chi connectivity index (χ1v) is 5.52. The van der Waals surface area contributed by atoms with Crippen LogP contribution in [0.2, 0.25) is 0 Å². The predicted molar refractivity (Wildman–Crippen MR) is 59.0 cm³/mol. The molecule has 1 fully saturated rings. The maximum atomic E-state index is 11.8. The zero-order chi connectivity index (χ0) is 11.7. The third-order valence-electron chi connectivity index (χ3n) is 3.24. The van der Waals surface area contributed by atoms with Crippen molar-refractivity contribution in [3.05, 3.63) is 17.5 Å². The van der Waals surface area contributed by atoms with E-state index in [0.29, 0.717) is 18.0 Å². The lowest BCUT2D eigenvalue weighted by Gasteiger charge is -2.31. The Hall–Kier alpha value is -1.36. The monoisotopic (exact) mass is 223 g/mol. The molecular weight excluding hydrogens is 206 g/mol. The number of carbonyl (C=O) groups excluding carboxylic acids is 1. The third-order valence-corrected chi connectivity index (χ3v) is 3.24. The van der Waals surface area contributed by atoms with Crippen molar-refractivity contribution >= 4 is 5.91 Å². The number of hydrogen-bond acceptors (Lipinski definition) is 3. The molecule has 0 aromatic carbocycles. The molecule has 0 atom stereocenters. The highest BCUT2D eigenvalue weighted by Gasteiger charge is 2.27. The number of aryl methyl sites for hydroxylation is 1. The van der Waals surface area contributed by atoms with E-state index in [9.17, 15) is 4.79 Å². The number of hydrogen-bond donors (Lipinski definition) is 2. The van der Waals surface area contributed by atoms with Crippen LogP contribution in [0.1, 0.15) is 28.9 Å². The van der Waals surface area contributed by atoms with Crippen LogP contribution in [0.4, 0.5) is 0 Å². The SMILES string of the molecule is Cc1c(C(=O)NCC2CC(O)C2)cnn1C. The van der Waals surface area contributed by atoms with Gasteiger partial charge in [0, 0.05) is 19.3 Å². The van der Waals surface area contributed by atoms with Gasteiger partial charge in [0.2, 0.25) is 0 Å². The van der Waals surface area contributed by atoms with Gasteiger partial charge < -0.3 is 10.4 Å². The van der Waals surface area contributed by atoms with Gasteiger partial charge in [0.15, 0.2) is 0 Å². The minimum atomic E-state index is -0.165. The molecule has 1 aliphatic rings. The molecule has 1 saturated carbocycles. The van der Waals surface area contributed by atoms with Crippen molar-refractivity contribution in [3.63, 3.8) is 0 Å². The Bertz CT molecular complexity index is 394. The second-order valence-electron chi connectivity index (χ2n) is 4.47. The van der Waals surface area contributed by atoms with Crippen molar-refractivity contribution in [2.24, 2.45) is 13.0 Å². The van der Waals surface area contributed by atoms with E-state index in [-0.39, 0.29) is 12.0 Å². The molecular formula is C11H17N3O2. The van der Waals surface area contributed by atoms with Gasteiger partial charge in [-0.25, -0.2) is 0 Å². The molecule has 5 nitrogen and oxygen atoms in total. The number of aliphatic hydroxyl groups excluding tert-OH is 1. The zero-order valence-electron chi connectivity index (χ0n) is 9.60. The highest BCUT2D eigenvalue weighted by Crippen LogP contribution is 2.26. The first-order chi connectivity index (χ1) is 7.58. The normalized spacial score (nSPS) is 23.9. The second-order valence-corrected chi connectivity index (χ2v) is 4.47. The Kier molecular flexibility index (Phi) is 2.96. The minimum Gasteiger partial charge on any atom is -0.393 e. The molecule has 16 heavy (non-hydrogen) atoms. The molecule has 1 aliphatic carbocycles. The smallest absolute Gasteiger partial charge is 0.254 e. The number of nitrogens with one attached hydrogen (secondary N) is 1. The van der Waals surface area contributed by atoms with Gasteiger partial charge in [-0.3, -0.25) is 9.48 Å². The molecule has 5 heteroatoms. The highest BCUT2D eigenvalue weighted by atomic mass is 16.3. The molecule has 2 rings (SSSR count). The lowest BCUT2D eigenvalue weighted by atomic mass is 9.82. The predicted octanol–water partition coefficient (Wildman–Crippen LogP) is 0.229. The summed E-state index contributed by atoms with van der Waals surface area (Å²) < 4.78 is 1.68. The zero-order valence-corrected chi connectivity index (χ0v) is 9.60. The average Bonchev–Trinajstić information content (AvgIpc) is 2.53. The molecule has 0 radical (unpaired) electrons. The van der Waals surface area contributed by atoms with E-state index in [0.717, 1.165) is 18.5 Å². The fraction of sp³-hybridized carbons (Fsp3) is 0.636. The molecule has 1 amide bonds. The van der Waals surface area contributed by atoms with Gasteiger partial charge in [0.25, 0.3) is 5.91 Å². The number of aromatic nitrogens is 2. The van der Waals surface area contributed by atoms with E-state index in [1.54, 1.807) is 10.9 Å². The Morgan fingerprint density at radius 1 is 1.69 bits per heavy atom. The summed E-state index contributed by atoms with van der Waals surface area (Å²) in [6.45, 7) is 2.51. The molecule has 0 saturated heterocycles. The van der Waals surface area contributed by atoms with Crippen LogP contribution in [0, 0.1) is 12.8 Å². The Morgan fingerprint density at radius 2 is 2.38 bits per heavy atom. The topological polar surface area (TPSA) is 67.2 Å². The number of carbonyl (C=O) groups is 1. The Morgan fingerprint density at radius 3 is 2.88 bits per heavy atom. The minimum absolute atomic E-state index is 0.0769. The van der Waals surface area contributed by atoms with Crippen molar-refractivity contribution in [1.82, 2.24) is 15.1 Å². The van der Waals surface area contributed by atoms with Crippen LogP contribution in [-0.2, 0) is 7.05 Å². The van der Waals surface area contributed by atoms with Crippen LogP contribution < -0.4 is 5.32 Å². The van der Waals surface area contributed by atoms with E-state index in [4.69, 9.17) is 5.11 Å². The number of amides is 1. The van der Waals surface area contributed by atoms with Gasteiger partial charge in [-0.05, 0) is 25.7 Å².